The summed E-state index contributed by atoms with van der Waals surface area (Å²) in [5.74, 6) is -1.81. The molecule has 0 bridgehead atoms. The van der Waals surface area contributed by atoms with E-state index in [9.17, 15) is 32.6 Å². The summed E-state index contributed by atoms with van der Waals surface area (Å²) in [4.78, 5) is 50.0. The number of benzene rings is 2. The number of amides is 2. The monoisotopic (exact) mass is 623 g/mol. The number of rotatable bonds is 12. The fourth-order valence-corrected chi connectivity index (χ4v) is 6.43. The van der Waals surface area contributed by atoms with E-state index in [0.717, 1.165) is 11.3 Å². The van der Waals surface area contributed by atoms with Crippen molar-refractivity contribution in [2.45, 2.75) is 58.4 Å². The molecule has 1 aliphatic rings. The normalized spacial score (nSPS) is 18.2. The Kier molecular flexibility index (Phi) is 10.1. The summed E-state index contributed by atoms with van der Waals surface area (Å²) in [6.45, 7) is 2.52. The highest BCUT2D eigenvalue weighted by Crippen LogP contribution is 2.41. The molecular weight excluding hydrogens is 591 g/mol. The standard InChI is InChI=1S/C29H33ClF2N3O6P/c1-3-4-10-42(39,40)17-41-21-8-9-22-23(18(2)36)15-34(25(22)12-21)16-27(37)35-14-20(31)11-26(35)29(38)33-13-19-6-5-7-24(30)28(19)32/h5-9,12,15,20,26H,3-4,10-11,13-14,16-17H2,1-2H3,(H,33,38)(H,39,40)/t20-,26+/m1/s1. The maximum atomic E-state index is 14.5. The molecule has 1 saturated heterocycles. The zero-order chi connectivity index (χ0) is 30.6. The number of hydrogen-bond donors (Lipinski definition) is 2. The van der Waals surface area contributed by atoms with Crippen molar-refractivity contribution < 1.29 is 37.4 Å². The fraction of sp³-hybridized carbons (Fsp3) is 0.414. The number of nitrogens with zero attached hydrogens (tertiary/aromatic N) is 2. The van der Waals surface area contributed by atoms with Crippen LogP contribution in [-0.2, 0) is 27.2 Å². The van der Waals surface area contributed by atoms with Crippen LogP contribution in [0.15, 0.2) is 42.6 Å². The SMILES string of the molecule is CCCCP(=O)(O)COc1ccc2c(C(C)=O)cn(CC(=O)N3C[C@H](F)C[C@H]3C(=O)NCc3cccc(Cl)c3F)c2c1. The van der Waals surface area contributed by atoms with Gasteiger partial charge in [-0.1, -0.05) is 37.1 Å². The Labute approximate surface area is 247 Å². The Morgan fingerprint density at radius 3 is 2.71 bits per heavy atom. The molecule has 1 unspecified atom stereocenters. The number of carbonyl (C=O) groups excluding carboxylic acids is 3. The first-order valence-corrected chi connectivity index (χ1v) is 16.0. The number of likely N-dealkylation sites (tertiary alicyclic amines) is 1. The molecule has 13 heteroatoms. The Morgan fingerprint density at radius 2 is 2.00 bits per heavy atom. The highest BCUT2D eigenvalue weighted by molar-refractivity contribution is 7.57. The van der Waals surface area contributed by atoms with E-state index in [1.807, 2.05) is 6.92 Å². The van der Waals surface area contributed by atoms with Gasteiger partial charge in [0.2, 0.25) is 19.2 Å². The van der Waals surface area contributed by atoms with Gasteiger partial charge in [0.15, 0.2) is 12.1 Å². The topological polar surface area (TPSA) is 118 Å². The van der Waals surface area contributed by atoms with Crippen molar-refractivity contribution in [2.24, 2.45) is 0 Å². The lowest BCUT2D eigenvalue weighted by molar-refractivity contribution is -0.139. The van der Waals surface area contributed by atoms with Crippen LogP contribution in [0.1, 0.15) is 49.0 Å². The number of ketones is 1. The summed E-state index contributed by atoms with van der Waals surface area (Å²) in [6, 6.07) is 8.06. The van der Waals surface area contributed by atoms with Gasteiger partial charge in [-0.3, -0.25) is 18.9 Å². The van der Waals surface area contributed by atoms with E-state index in [2.05, 4.69) is 5.32 Å². The van der Waals surface area contributed by atoms with Gasteiger partial charge >= 0.3 is 0 Å². The van der Waals surface area contributed by atoms with Crippen LogP contribution in [0.5, 0.6) is 5.75 Å². The van der Waals surface area contributed by atoms with Crippen molar-refractivity contribution in [1.82, 2.24) is 14.8 Å². The van der Waals surface area contributed by atoms with Crippen molar-refractivity contribution in [3.05, 3.63) is 64.6 Å². The van der Waals surface area contributed by atoms with E-state index >= 15 is 0 Å². The molecule has 3 aromatic rings. The molecule has 1 aromatic heterocycles. The molecule has 1 aliphatic heterocycles. The van der Waals surface area contributed by atoms with Crippen molar-refractivity contribution >= 4 is 47.5 Å². The van der Waals surface area contributed by atoms with Gasteiger partial charge in [-0.25, -0.2) is 8.78 Å². The van der Waals surface area contributed by atoms with Crippen LogP contribution >= 0.6 is 19.0 Å². The molecule has 2 N–H and O–H groups in total. The Morgan fingerprint density at radius 1 is 1.24 bits per heavy atom. The van der Waals surface area contributed by atoms with E-state index in [1.165, 1.54) is 35.9 Å². The average molecular weight is 624 g/mol. The molecule has 9 nitrogen and oxygen atoms in total. The zero-order valence-corrected chi connectivity index (χ0v) is 25.0. The number of aromatic nitrogens is 1. The smallest absolute Gasteiger partial charge is 0.243 e. The Hall–Kier alpha value is -3.27. The van der Waals surface area contributed by atoms with E-state index in [0.29, 0.717) is 22.9 Å². The number of hydrogen-bond acceptors (Lipinski definition) is 5. The number of nitrogens with one attached hydrogen (secondary N) is 1. The third-order valence-corrected chi connectivity index (χ3v) is 9.03. The molecule has 2 aromatic carbocycles. The largest absolute Gasteiger partial charge is 0.483 e. The predicted octanol–water partition coefficient (Wildman–Crippen LogP) is 5.30. The molecule has 2 heterocycles. The van der Waals surface area contributed by atoms with Gasteiger partial charge in [0.05, 0.1) is 17.1 Å². The maximum Gasteiger partial charge on any atom is 0.243 e. The van der Waals surface area contributed by atoms with E-state index in [1.54, 1.807) is 18.2 Å². The summed E-state index contributed by atoms with van der Waals surface area (Å²) in [6.07, 6.45) is 0.998. The van der Waals surface area contributed by atoms with Gasteiger partial charge < -0.3 is 24.4 Å². The van der Waals surface area contributed by atoms with E-state index in [-0.39, 0.29) is 60.7 Å². The molecule has 0 saturated carbocycles. The predicted molar refractivity (Wildman–Crippen MR) is 155 cm³/mol. The fourth-order valence-electron chi connectivity index (χ4n) is 4.95. The molecule has 3 atom stereocenters. The number of fused-ring (bicyclic) bond motifs is 1. The molecular formula is C29H33ClF2N3O6P. The summed E-state index contributed by atoms with van der Waals surface area (Å²) < 4.78 is 48.2. The lowest BCUT2D eigenvalue weighted by atomic mass is 10.1. The van der Waals surface area contributed by atoms with Crippen LogP contribution < -0.4 is 10.1 Å². The molecule has 1 fully saturated rings. The van der Waals surface area contributed by atoms with E-state index in [4.69, 9.17) is 16.3 Å². The van der Waals surface area contributed by atoms with Crippen LogP contribution in [0.25, 0.3) is 10.9 Å². The maximum absolute atomic E-state index is 14.5. The second-order valence-electron chi connectivity index (χ2n) is 10.4. The van der Waals surface area contributed by atoms with Crippen molar-refractivity contribution in [2.75, 3.05) is 19.1 Å². The van der Waals surface area contributed by atoms with Crippen molar-refractivity contribution in [1.29, 1.82) is 0 Å². The molecule has 0 aliphatic carbocycles. The van der Waals surface area contributed by atoms with Crippen LogP contribution in [0, 0.1) is 5.82 Å². The van der Waals surface area contributed by atoms with Crippen LogP contribution in [-0.4, -0.2) is 63.2 Å². The quantitative estimate of drug-likeness (QED) is 0.209. The minimum absolute atomic E-state index is 0.0949. The zero-order valence-electron chi connectivity index (χ0n) is 23.3. The summed E-state index contributed by atoms with van der Waals surface area (Å²) in [5, 5.41) is 3.01. The Bertz CT molecular complexity index is 1550. The summed E-state index contributed by atoms with van der Waals surface area (Å²) in [5.41, 5.74) is 0.962. The lowest BCUT2D eigenvalue weighted by Crippen LogP contribution is -2.46. The van der Waals surface area contributed by atoms with Crippen LogP contribution in [0.3, 0.4) is 0 Å². The first-order valence-electron chi connectivity index (χ1n) is 13.6. The number of Topliss-reactive ketones (excluding diaryl/α,β-unsaturated/α-hetero) is 1. The molecule has 0 spiro atoms. The molecule has 42 heavy (non-hydrogen) atoms. The van der Waals surface area contributed by atoms with Crippen molar-refractivity contribution in [3.8, 4) is 5.75 Å². The summed E-state index contributed by atoms with van der Waals surface area (Å²) in [7, 11) is -3.49. The van der Waals surface area contributed by atoms with E-state index < -0.39 is 37.2 Å². The Balaban J connectivity index is 1.52. The summed E-state index contributed by atoms with van der Waals surface area (Å²) >= 11 is 5.80. The van der Waals surface area contributed by atoms with Crippen molar-refractivity contribution in [3.63, 3.8) is 0 Å². The molecule has 2 amide bonds. The third-order valence-electron chi connectivity index (χ3n) is 7.19. The first-order chi connectivity index (χ1) is 19.9. The lowest BCUT2D eigenvalue weighted by Gasteiger charge is -2.24. The van der Waals surface area contributed by atoms with Gasteiger partial charge in [0.1, 0.15) is 30.3 Å². The highest BCUT2D eigenvalue weighted by atomic mass is 35.5. The number of ether oxygens (including phenoxy) is 1. The number of halogens is 3. The number of unbranched alkanes of at least 4 members (excludes halogenated alkanes) is 1. The molecule has 226 valence electrons. The number of carbonyl (C=O) groups is 3. The first kappa shape index (κ1) is 31.7. The third kappa shape index (κ3) is 7.38. The number of alkyl halides is 1. The molecule has 0 radical (unpaired) electrons. The van der Waals surface area contributed by atoms with Gasteiger partial charge in [0.25, 0.3) is 0 Å². The van der Waals surface area contributed by atoms with Crippen LogP contribution in [0.4, 0.5) is 8.78 Å². The minimum atomic E-state index is -3.49. The second-order valence-corrected chi connectivity index (χ2v) is 13.2. The van der Waals surface area contributed by atoms with Gasteiger partial charge in [-0.05, 0) is 31.5 Å². The van der Waals surface area contributed by atoms with Gasteiger partial charge in [-0.15, -0.1) is 0 Å². The highest BCUT2D eigenvalue weighted by Gasteiger charge is 2.40. The average Bonchev–Trinajstić information content (AvgIpc) is 3.52. The van der Waals surface area contributed by atoms with Gasteiger partial charge in [0, 0.05) is 47.9 Å². The van der Waals surface area contributed by atoms with Gasteiger partial charge in [-0.2, -0.15) is 0 Å². The van der Waals surface area contributed by atoms with Crippen LogP contribution in [0.2, 0.25) is 5.02 Å². The minimum Gasteiger partial charge on any atom is -0.483 e. The second kappa shape index (κ2) is 13.4. The molecule has 4 rings (SSSR count).